The first kappa shape index (κ1) is 24.7. The minimum Gasteiger partial charge on any atom is -0.496 e. The van der Waals surface area contributed by atoms with Gasteiger partial charge in [0.15, 0.2) is 0 Å². The monoisotopic (exact) mass is 484 g/mol. The average molecular weight is 485 g/mol. The summed E-state index contributed by atoms with van der Waals surface area (Å²) >= 11 is 0. The van der Waals surface area contributed by atoms with E-state index in [4.69, 9.17) is 4.74 Å². The summed E-state index contributed by atoms with van der Waals surface area (Å²) in [5.41, 5.74) is 4.11. The number of hydrogen-bond donors (Lipinski definition) is 1. The van der Waals surface area contributed by atoms with E-state index in [0.717, 1.165) is 50.5 Å². The Morgan fingerprint density at radius 3 is 2.35 bits per heavy atom. The van der Waals surface area contributed by atoms with E-state index in [-0.39, 0.29) is 22.4 Å². The van der Waals surface area contributed by atoms with Crippen molar-refractivity contribution in [2.75, 3.05) is 20.2 Å². The Bertz CT molecular complexity index is 1120. The van der Waals surface area contributed by atoms with E-state index in [2.05, 4.69) is 23.5 Å². The van der Waals surface area contributed by atoms with Gasteiger partial charge < -0.3 is 10.1 Å². The zero-order valence-electron chi connectivity index (χ0n) is 20.3. The van der Waals surface area contributed by atoms with Crippen molar-refractivity contribution >= 4 is 15.9 Å². The number of carbonyl (C=O) groups excluding carboxylic acids is 1. The maximum absolute atomic E-state index is 13.4. The van der Waals surface area contributed by atoms with Crippen LogP contribution in [0.25, 0.3) is 0 Å². The highest BCUT2D eigenvalue weighted by atomic mass is 32.2. The molecule has 4 rings (SSSR count). The fourth-order valence-electron chi connectivity index (χ4n) is 5.08. The molecule has 1 aliphatic carbocycles. The highest BCUT2D eigenvalue weighted by molar-refractivity contribution is 7.89. The molecule has 2 aromatic rings. The van der Waals surface area contributed by atoms with Crippen LogP contribution in [-0.2, 0) is 22.9 Å². The van der Waals surface area contributed by atoms with Crippen molar-refractivity contribution < 1.29 is 17.9 Å². The Labute approximate surface area is 203 Å². The summed E-state index contributed by atoms with van der Waals surface area (Å²) in [7, 11) is -2.17. The molecule has 1 fully saturated rings. The van der Waals surface area contributed by atoms with Crippen LogP contribution in [0.5, 0.6) is 5.75 Å². The van der Waals surface area contributed by atoms with E-state index in [0.29, 0.717) is 18.8 Å². The number of ether oxygens (including phenoxy) is 1. The molecule has 2 aromatic carbocycles. The minimum atomic E-state index is -3.67. The number of benzene rings is 2. The molecule has 6 nitrogen and oxygen atoms in total. The molecule has 2 aliphatic rings. The standard InChI is InChI=1S/C27H36N2O4S/c1-3-25(22-13-12-20-10-6-7-11-21(20)18-22)28-27(30)24-19-23(14-15-26(24)33-2)34(31,32)29-16-8-4-5-9-17-29/h12-15,18-19,25H,3-11,16-17H2,1-2H3,(H,28,30)/t25-/m1/s1. The SMILES string of the molecule is CC[C@@H](NC(=O)c1cc(S(=O)(=O)N2CCCCCC2)ccc1OC)c1ccc2c(c1)CCCC2. The average Bonchev–Trinajstić information content (AvgIpc) is 3.17. The molecule has 1 N–H and O–H groups in total. The van der Waals surface area contributed by atoms with Gasteiger partial charge in [0, 0.05) is 13.1 Å². The van der Waals surface area contributed by atoms with Crippen LogP contribution in [0, 0.1) is 0 Å². The second-order valence-corrected chi connectivity index (χ2v) is 11.3. The molecule has 0 spiro atoms. The number of aryl methyl sites for hydroxylation is 2. The summed E-state index contributed by atoms with van der Waals surface area (Å²) in [5, 5.41) is 3.12. The molecule has 1 saturated heterocycles. The largest absolute Gasteiger partial charge is 0.496 e. The van der Waals surface area contributed by atoms with Crippen LogP contribution in [0.3, 0.4) is 0 Å². The molecule has 0 radical (unpaired) electrons. The van der Waals surface area contributed by atoms with Crippen molar-refractivity contribution in [1.29, 1.82) is 0 Å². The number of methoxy groups -OCH3 is 1. The van der Waals surface area contributed by atoms with Crippen molar-refractivity contribution in [3.63, 3.8) is 0 Å². The molecule has 1 amide bonds. The smallest absolute Gasteiger partial charge is 0.255 e. The van der Waals surface area contributed by atoms with Crippen LogP contribution in [0.15, 0.2) is 41.3 Å². The molecular formula is C27H36N2O4S. The molecular weight excluding hydrogens is 448 g/mol. The van der Waals surface area contributed by atoms with Crippen molar-refractivity contribution in [2.45, 2.75) is 75.6 Å². The van der Waals surface area contributed by atoms with Crippen LogP contribution in [0.2, 0.25) is 0 Å². The lowest BCUT2D eigenvalue weighted by molar-refractivity contribution is 0.0932. The number of nitrogens with one attached hydrogen (secondary N) is 1. The van der Waals surface area contributed by atoms with Gasteiger partial charge >= 0.3 is 0 Å². The van der Waals surface area contributed by atoms with Gasteiger partial charge in [-0.2, -0.15) is 4.31 Å². The fourth-order valence-corrected chi connectivity index (χ4v) is 6.63. The first-order valence-electron chi connectivity index (χ1n) is 12.5. The molecule has 0 aromatic heterocycles. The van der Waals surface area contributed by atoms with Gasteiger partial charge in [-0.25, -0.2) is 8.42 Å². The summed E-state index contributed by atoms with van der Waals surface area (Å²) < 4.78 is 33.6. The quantitative estimate of drug-likeness (QED) is 0.599. The van der Waals surface area contributed by atoms with E-state index >= 15 is 0 Å². The summed E-state index contributed by atoms with van der Waals surface area (Å²) in [6.07, 6.45) is 9.19. The third-order valence-corrected chi connectivity index (χ3v) is 9.00. The van der Waals surface area contributed by atoms with Crippen LogP contribution in [0.1, 0.15) is 85.0 Å². The van der Waals surface area contributed by atoms with Gasteiger partial charge in [0.2, 0.25) is 10.0 Å². The summed E-state index contributed by atoms with van der Waals surface area (Å²) in [6.45, 7) is 3.08. The number of amides is 1. The number of nitrogens with zero attached hydrogens (tertiary/aromatic N) is 1. The van der Waals surface area contributed by atoms with Crippen LogP contribution < -0.4 is 10.1 Å². The third-order valence-electron chi connectivity index (χ3n) is 7.11. The molecule has 1 aliphatic heterocycles. The predicted molar refractivity (Wildman–Crippen MR) is 134 cm³/mol. The molecule has 7 heteroatoms. The lowest BCUT2D eigenvalue weighted by atomic mass is 9.88. The summed E-state index contributed by atoms with van der Waals surface area (Å²) in [5.74, 6) is 0.0435. The maximum Gasteiger partial charge on any atom is 0.255 e. The van der Waals surface area contributed by atoms with Crippen LogP contribution in [0.4, 0.5) is 0 Å². The zero-order chi connectivity index (χ0) is 24.1. The van der Waals surface area contributed by atoms with Crippen molar-refractivity contribution in [3.05, 3.63) is 58.7 Å². The number of carbonyl (C=O) groups is 1. The summed E-state index contributed by atoms with van der Waals surface area (Å²) in [6, 6.07) is 10.9. The minimum absolute atomic E-state index is 0.141. The van der Waals surface area contributed by atoms with Gasteiger partial charge in [-0.1, -0.05) is 38.0 Å². The Hall–Kier alpha value is -2.38. The Kier molecular flexibility index (Phi) is 7.94. The third kappa shape index (κ3) is 5.31. The van der Waals surface area contributed by atoms with Gasteiger partial charge in [-0.05, 0) is 79.8 Å². The van der Waals surface area contributed by atoms with Gasteiger partial charge in [-0.15, -0.1) is 0 Å². The molecule has 0 bridgehead atoms. The van der Waals surface area contributed by atoms with Crippen molar-refractivity contribution in [2.24, 2.45) is 0 Å². The lowest BCUT2D eigenvalue weighted by Gasteiger charge is -2.23. The lowest BCUT2D eigenvalue weighted by Crippen LogP contribution is -2.32. The van der Waals surface area contributed by atoms with Crippen LogP contribution >= 0.6 is 0 Å². The number of hydrogen-bond acceptors (Lipinski definition) is 4. The number of sulfonamides is 1. The predicted octanol–water partition coefficient (Wildman–Crippen LogP) is 5.02. The molecule has 1 atom stereocenters. The maximum atomic E-state index is 13.4. The second-order valence-electron chi connectivity index (χ2n) is 9.35. The molecule has 0 saturated carbocycles. The van der Waals surface area contributed by atoms with Gasteiger partial charge in [0.05, 0.1) is 23.6 Å². The van der Waals surface area contributed by atoms with E-state index < -0.39 is 10.0 Å². The van der Waals surface area contributed by atoms with Crippen LogP contribution in [-0.4, -0.2) is 38.8 Å². The number of rotatable bonds is 7. The zero-order valence-corrected chi connectivity index (χ0v) is 21.1. The van der Waals surface area contributed by atoms with E-state index in [1.165, 1.54) is 43.2 Å². The first-order valence-corrected chi connectivity index (χ1v) is 14.0. The van der Waals surface area contributed by atoms with Crippen molar-refractivity contribution in [3.8, 4) is 5.75 Å². The highest BCUT2D eigenvalue weighted by Gasteiger charge is 2.27. The van der Waals surface area contributed by atoms with Gasteiger partial charge in [0.1, 0.15) is 5.75 Å². The van der Waals surface area contributed by atoms with Crippen molar-refractivity contribution in [1.82, 2.24) is 9.62 Å². The Morgan fingerprint density at radius 2 is 1.68 bits per heavy atom. The number of fused-ring (bicyclic) bond motifs is 1. The highest BCUT2D eigenvalue weighted by Crippen LogP contribution is 2.29. The van der Waals surface area contributed by atoms with E-state index in [9.17, 15) is 13.2 Å². The molecule has 184 valence electrons. The van der Waals surface area contributed by atoms with Gasteiger partial charge in [-0.3, -0.25) is 4.79 Å². The normalized spacial score (nSPS) is 17.9. The topological polar surface area (TPSA) is 75.7 Å². The molecule has 1 heterocycles. The Morgan fingerprint density at radius 1 is 0.971 bits per heavy atom. The van der Waals surface area contributed by atoms with E-state index in [1.807, 2.05) is 6.92 Å². The molecule has 0 unspecified atom stereocenters. The fraction of sp³-hybridized carbons (Fsp3) is 0.519. The summed E-state index contributed by atoms with van der Waals surface area (Å²) in [4.78, 5) is 13.5. The van der Waals surface area contributed by atoms with E-state index in [1.54, 1.807) is 10.4 Å². The second kappa shape index (κ2) is 10.9. The first-order chi connectivity index (χ1) is 16.4. The Balaban J connectivity index is 1.59. The molecule has 34 heavy (non-hydrogen) atoms. The van der Waals surface area contributed by atoms with Gasteiger partial charge in [0.25, 0.3) is 5.91 Å².